The molecule has 0 saturated carbocycles. The fourth-order valence-electron chi connectivity index (χ4n) is 3.79. The summed E-state index contributed by atoms with van der Waals surface area (Å²) < 4.78 is 0. The molecule has 0 radical (unpaired) electrons. The van der Waals surface area contributed by atoms with Crippen molar-refractivity contribution < 1.29 is 24.6 Å². The summed E-state index contributed by atoms with van der Waals surface area (Å²) in [5, 5.41) is 19.2. The Morgan fingerprint density at radius 1 is 0.406 bits per heavy atom. The fraction of sp³-hybridized carbons (Fsp3) is 0. The van der Waals surface area contributed by atoms with Crippen LogP contribution in [0, 0.1) is 0 Å². The third-order valence-electron chi connectivity index (χ3n) is 5.24. The van der Waals surface area contributed by atoms with E-state index in [2.05, 4.69) is 0 Å². The Bertz CT molecular complexity index is 1250. The first-order chi connectivity index (χ1) is 15.5. The predicted molar refractivity (Wildman–Crippen MR) is 121 cm³/mol. The third kappa shape index (κ3) is 3.79. The molecule has 5 heteroatoms. The lowest BCUT2D eigenvalue weighted by Crippen LogP contribution is -2.08. The Morgan fingerprint density at radius 3 is 0.969 bits per heavy atom. The van der Waals surface area contributed by atoms with E-state index in [1.807, 2.05) is 0 Å². The van der Waals surface area contributed by atoms with Gasteiger partial charge < -0.3 is 10.2 Å². The molecule has 0 spiro atoms. The van der Waals surface area contributed by atoms with E-state index < -0.39 is 11.9 Å². The van der Waals surface area contributed by atoms with Crippen LogP contribution in [-0.2, 0) is 0 Å². The maximum Gasteiger partial charge on any atom is 0.336 e. The van der Waals surface area contributed by atoms with Crippen LogP contribution in [0.15, 0.2) is 97.1 Å². The molecule has 0 heterocycles. The molecule has 0 aliphatic rings. The third-order valence-corrected chi connectivity index (χ3v) is 5.24. The molecule has 0 aliphatic heterocycles. The monoisotopic (exact) mass is 422 g/mol. The summed E-state index contributed by atoms with van der Waals surface area (Å²) >= 11 is 0. The normalized spacial score (nSPS) is 10.5. The molecule has 32 heavy (non-hydrogen) atoms. The zero-order chi connectivity index (χ0) is 22.7. The minimum absolute atomic E-state index is 0.0947. The van der Waals surface area contributed by atoms with Gasteiger partial charge in [-0.1, -0.05) is 84.9 Å². The van der Waals surface area contributed by atoms with Gasteiger partial charge in [-0.25, -0.2) is 9.59 Å². The summed E-state index contributed by atoms with van der Waals surface area (Å²) in [5.41, 5.74) is 2.73. The van der Waals surface area contributed by atoms with Crippen LogP contribution < -0.4 is 0 Å². The predicted octanol–water partition coefficient (Wildman–Crippen LogP) is 5.65. The molecule has 4 aromatic carbocycles. The van der Waals surface area contributed by atoms with Crippen LogP contribution in [0.2, 0.25) is 0 Å². The van der Waals surface area contributed by atoms with Crippen molar-refractivity contribution in [2.75, 3.05) is 0 Å². The number of aromatic carboxylic acids is 2. The highest BCUT2D eigenvalue weighted by molar-refractivity contribution is 6.17. The number of carbonyl (C=O) groups is 3. The lowest BCUT2D eigenvalue weighted by Gasteiger charge is -2.15. The van der Waals surface area contributed by atoms with Crippen molar-refractivity contribution in [2.45, 2.75) is 0 Å². The first-order valence-electron chi connectivity index (χ1n) is 9.87. The molecule has 156 valence electrons. The van der Waals surface area contributed by atoms with Gasteiger partial charge in [0.05, 0.1) is 11.1 Å². The molecular weight excluding hydrogens is 404 g/mol. The smallest absolute Gasteiger partial charge is 0.336 e. The first-order valence-corrected chi connectivity index (χ1v) is 9.87. The van der Waals surface area contributed by atoms with Crippen molar-refractivity contribution in [1.29, 1.82) is 0 Å². The number of carboxylic acids is 2. The summed E-state index contributed by atoms with van der Waals surface area (Å²) in [5.74, 6) is -2.49. The van der Waals surface area contributed by atoms with E-state index in [0.717, 1.165) is 0 Å². The standard InChI is InChI=1S/C27H18O5/c28-25(21-13-5-1-9-17(21)19-11-3-7-15-23(19)26(29)30)22-14-6-2-10-18(22)20-12-4-8-16-24(20)27(31)32/h1-16H,(H,29,30)(H,31,32). The van der Waals surface area contributed by atoms with E-state index in [4.69, 9.17) is 0 Å². The molecule has 4 aromatic rings. The second-order valence-electron chi connectivity index (χ2n) is 7.12. The van der Waals surface area contributed by atoms with Gasteiger partial charge in [0.15, 0.2) is 5.78 Å². The van der Waals surface area contributed by atoms with E-state index >= 15 is 0 Å². The zero-order valence-corrected chi connectivity index (χ0v) is 16.9. The van der Waals surface area contributed by atoms with Crippen LogP contribution in [0.25, 0.3) is 22.3 Å². The maximum absolute atomic E-state index is 13.7. The molecule has 0 amide bonds. The summed E-state index contributed by atoms with van der Waals surface area (Å²) in [6, 6.07) is 26.7. The van der Waals surface area contributed by atoms with Gasteiger partial charge >= 0.3 is 11.9 Å². The molecule has 0 aromatic heterocycles. The molecule has 0 fully saturated rings. The Balaban J connectivity index is 1.90. The van der Waals surface area contributed by atoms with Gasteiger partial charge in [-0.3, -0.25) is 4.79 Å². The molecule has 5 nitrogen and oxygen atoms in total. The minimum Gasteiger partial charge on any atom is -0.478 e. The second kappa shape index (κ2) is 8.70. The highest BCUT2D eigenvalue weighted by Crippen LogP contribution is 2.33. The van der Waals surface area contributed by atoms with Crippen molar-refractivity contribution in [3.63, 3.8) is 0 Å². The topological polar surface area (TPSA) is 91.7 Å². The Kier molecular flexibility index (Phi) is 5.64. The lowest BCUT2D eigenvalue weighted by atomic mass is 9.87. The average Bonchev–Trinajstić information content (AvgIpc) is 2.83. The van der Waals surface area contributed by atoms with Crippen molar-refractivity contribution in [3.05, 3.63) is 119 Å². The van der Waals surface area contributed by atoms with Crippen molar-refractivity contribution in [1.82, 2.24) is 0 Å². The summed E-state index contributed by atoms with van der Waals surface area (Å²) in [6.07, 6.45) is 0. The van der Waals surface area contributed by atoms with Crippen molar-refractivity contribution in [2.24, 2.45) is 0 Å². The second-order valence-corrected chi connectivity index (χ2v) is 7.12. The summed E-state index contributed by atoms with van der Waals surface area (Å²) in [6.45, 7) is 0. The Morgan fingerprint density at radius 2 is 0.656 bits per heavy atom. The number of rotatable bonds is 6. The number of benzene rings is 4. The van der Waals surface area contributed by atoms with Crippen molar-refractivity contribution in [3.8, 4) is 22.3 Å². The Hall–Kier alpha value is -4.51. The van der Waals surface area contributed by atoms with Crippen LogP contribution in [0.5, 0.6) is 0 Å². The molecule has 0 bridgehead atoms. The van der Waals surface area contributed by atoms with Crippen LogP contribution in [0.3, 0.4) is 0 Å². The number of ketones is 1. The zero-order valence-electron chi connectivity index (χ0n) is 16.9. The molecule has 0 atom stereocenters. The molecule has 2 N–H and O–H groups in total. The SMILES string of the molecule is O=C(O)c1ccccc1-c1ccccc1C(=O)c1ccccc1-c1ccccc1C(=O)O. The van der Waals surface area contributed by atoms with E-state index in [1.54, 1.807) is 84.9 Å². The van der Waals surface area contributed by atoms with Crippen LogP contribution in [-0.4, -0.2) is 27.9 Å². The summed E-state index contributed by atoms with van der Waals surface area (Å²) in [7, 11) is 0. The molecule has 0 saturated heterocycles. The molecular formula is C27H18O5. The Labute approximate surface area is 184 Å². The molecule has 4 rings (SSSR count). The van der Waals surface area contributed by atoms with E-state index in [1.165, 1.54) is 12.1 Å². The highest BCUT2D eigenvalue weighted by atomic mass is 16.4. The first kappa shape index (κ1) is 20.8. The average molecular weight is 422 g/mol. The fourth-order valence-corrected chi connectivity index (χ4v) is 3.79. The van der Waals surface area contributed by atoms with E-state index in [-0.39, 0.29) is 16.9 Å². The molecule has 0 unspecified atom stereocenters. The van der Waals surface area contributed by atoms with Gasteiger partial charge in [-0.15, -0.1) is 0 Å². The van der Waals surface area contributed by atoms with Gasteiger partial charge in [0, 0.05) is 11.1 Å². The summed E-state index contributed by atoms with van der Waals surface area (Å²) in [4.78, 5) is 37.2. The van der Waals surface area contributed by atoms with Gasteiger partial charge in [0.2, 0.25) is 0 Å². The minimum atomic E-state index is -1.08. The van der Waals surface area contributed by atoms with Gasteiger partial charge in [-0.05, 0) is 34.4 Å². The highest BCUT2D eigenvalue weighted by Gasteiger charge is 2.22. The van der Waals surface area contributed by atoms with Crippen molar-refractivity contribution >= 4 is 17.7 Å². The number of hydrogen-bond acceptors (Lipinski definition) is 3. The number of hydrogen-bond donors (Lipinski definition) is 2. The maximum atomic E-state index is 13.7. The van der Waals surface area contributed by atoms with Crippen LogP contribution in [0.4, 0.5) is 0 Å². The van der Waals surface area contributed by atoms with Crippen LogP contribution in [0.1, 0.15) is 36.6 Å². The number of carboxylic acid groups (broad SMARTS) is 2. The molecule has 0 aliphatic carbocycles. The van der Waals surface area contributed by atoms with Crippen LogP contribution >= 0.6 is 0 Å². The van der Waals surface area contributed by atoms with Gasteiger partial charge in [-0.2, -0.15) is 0 Å². The van der Waals surface area contributed by atoms with E-state index in [0.29, 0.717) is 33.4 Å². The lowest BCUT2D eigenvalue weighted by molar-refractivity contribution is 0.0687. The number of carbonyl (C=O) groups excluding carboxylic acids is 1. The van der Waals surface area contributed by atoms with Gasteiger partial charge in [0.25, 0.3) is 0 Å². The van der Waals surface area contributed by atoms with E-state index in [9.17, 15) is 24.6 Å². The van der Waals surface area contributed by atoms with Gasteiger partial charge in [0.1, 0.15) is 0 Å². The quantitative estimate of drug-likeness (QED) is 0.392. The largest absolute Gasteiger partial charge is 0.478 e.